The number of carbonyl (C=O) groups excluding carboxylic acids is 1. The zero-order valence-corrected chi connectivity index (χ0v) is 20.2. The maximum atomic E-state index is 13.0. The molecule has 1 amide bonds. The van der Waals surface area contributed by atoms with Crippen molar-refractivity contribution in [3.05, 3.63) is 77.7 Å². The van der Waals surface area contributed by atoms with Crippen molar-refractivity contribution in [3.63, 3.8) is 0 Å². The van der Waals surface area contributed by atoms with Crippen LogP contribution < -0.4 is 10.5 Å². The van der Waals surface area contributed by atoms with Gasteiger partial charge in [0.2, 0.25) is 11.1 Å². The van der Waals surface area contributed by atoms with Crippen LogP contribution in [0.3, 0.4) is 0 Å². The van der Waals surface area contributed by atoms with Gasteiger partial charge in [0.05, 0.1) is 6.54 Å². The fraction of sp³-hybridized carbons (Fsp3) is 0.333. The predicted molar refractivity (Wildman–Crippen MR) is 126 cm³/mol. The number of alkyl halides is 2. The normalized spacial score (nSPS) is 16.5. The third-order valence-corrected chi connectivity index (χ3v) is 6.91. The van der Waals surface area contributed by atoms with E-state index in [1.165, 1.54) is 11.6 Å². The van der Waals surface area contributed by atoms with Gasteiger partial charge >= 0.3 is 10.1 Å². The molecule has 1 aromatic heterocycles. The van der Waals surface area contributed by atoms with E-state index >= 15 is 0 Å². The van der Waals surface area contributed by atoms with Crippen LogP contribution in [0, 0.1) is 0 Å². The summed E-state index contributed by atoms with van der Waals surface area (Å²) in [6.07, 6.45) is -2.21. The van der Waals surface area contributed by atoms with Gasteiger partial charge < -0.3 is 15.0 Å². The molecule has 36 heavy (non-hydrogen) atoms. The number of aromatic nitrogens is 2. The van der Waals surface area contributed by atoms with Crippen molar-refractivity contribution < 1.29 is 31.3 Å². The van der Waals surface area contributed by atoms with Crippen molar-refractivity contribution in [1.82, 2.24) is 14.5 Å². The minimum absolute atomic E-state index is 0.105. The summed E-state index contributed by atoms with van der Waals surface area (Å²) in [5, 5.41) is -0.640. The standard InChI is InChI=1S/C24H26F2N4O5S/c1-29-13-20(36(32,33)34)28-23(29)21(22(27)31)35-18-9-5-8-17(10-18)24(11-16-6-3-2-4-7-16)14-30(15-24)12-19(25)26/h2-10,13,19,21H,11-12,14-15H2,1H3,(H2,27,31)(H,32,33,34). The molecule has 1 unspecified atom stereocenters. The second-order valence-electron chi connectivity index (χ2n) is 8.95. The number of hydrogen-bond acceptors (Lipinski definition) is 6. The number of nitrogens with zero attached hydrogens (tertiary/aromatic N) is 3. The van der Waals surface area contributed by atoms with E-state index in [2.05, 4.69) is 4.98 Å². The Morgan fingerprint density at radius 2 is 1.89 bits per heavy atom. The monoisotopic (exact) mass is 520 g/mol. The summed E-state index contributed by atoms with van der Waals surface area (Å²) >= 11 is 0. The van der Waals surface area contributed by atoms with Crippen molar-refractivity contribution in [1.29, 1.82) is 0 Å². The largest absolute Gasteiger partial charge is 0.473 e. The summed E-state index contributed by atoms with van der Waals surface area (Å²) in [5.41, 5.74) is 6.98. The number of benzene rings is 2. The third kappa shape index (κ3) is 5.55. The number of carbonyl (C=O) groups is 1. The Balaban J connectivity index is 1.63. The topological polar surface area (TPSA) is 128 Å². The third-order valence-electron chi connectivity index (χ3n) is 6.18. The molecule has 2 heterocycles. The summed E-state index contributed by atoms with van der Waals surface area (Å²) in [7, 11) is -3.16. The zero-order chi connectivity index (χ0) is 26.1. The summed E-state index contributed by atoms with van der Waals surface area (Å²) in [6, 6.07) is 16.7. The quantitative estimate of drug-likeness (QED) is 0.393. The lowest BCUT2D eigenvalue weighted by Crippen LogP contribution is -2.61. The maximum Gasteiger partial charge on any atom is 0.313 e. The van der Waals surface area contributed by atoms with Crippen LogP contribution in [-0.2, 0) is 33.8 Å². The van der Waals surface area contributed by atoms with E-state index < -0.39 is 39.0 Å². The molecule has 1 fully saturated rings. The molecule has 2 aromatic carbocycles. The molecule has 3 N–H and O–H groups in total. The van der Waals surface area contributed by atoms with Gasteiger partial charge in [-0.05, 0) is 29.7 Å². The molecule has 0 saturated carbocycles. The summed E-state index contributed by atoms with van der Waals surface area (Å²) in [4.78, 5) is 17.7. The van der Waals surface area contributed by atoms with Gasteiger partial charge in [-0.1, -0.05) is 42.5 Å². The number of amides is 1. The number of hydrogen-bond donors (Lipinski definition) is 2. The Kier molecular flexibility index (Phi) is 7.12. The Morgan fingerprint density at radius 1 is 1.19 bits per heavy atom. The second-order valence-corrected chi connectivity index (χ2v) is 10.3. The van der Waals surface area contributed by atoms with Gasteiger partial charge in [-0.25, -0.2) is 13.8 Å². The number of rotatable bonds is 10. The fourth-order valence-corrected chi connectivity index (χ4v) is 5.11. The molecule has 0 radical (unpaired) electrons. The van der Waals surface area contributed by atoms with Gasteiger partial charge in [0, 0.05) is 31.7 Å². The lowest BCUT2D eigenvalue weighted by Gasteiger charge is -2.51. The van der Waals surface area contributed by atoms with Crippen molar-refractivity contribution in [2.45, 2.75) is 29.4 Å². The van der Waals surface area contributed by atoms with Crippen molar-refractivity contribution in [2.75, 3.05) is 19.6 Å². The molecule has 1 aliphatic rings. The number of ether oxygens (including phenoxy) is 1. The molecule has 4 rings (SSSR count). The Labute approximate surface area is 207 Å². The van der Waals surface area contributed by atoms with Crippen molar-refractivity contribution >= 4 is 16.0 Å². The van der Waals surface area contributed by atoms with E-state index in [0.29, 0.717) is 19.5 Å². The Bertz CT molecular complexity index is 1340. The summed E-state index contributed by atoms with van der Waals surface area (Å²) in [6.45, 7) is 0.532. The van der Waals surface area contributed by atoms with Gasteiger partial charge in [-0.15, -0.1) is 0 Å². The zero-order valence-electron chi connectivity index (χ0n) is 19.4. The second kappa shape index (κ2) is 9.96. The van der Waals surface area contributed by atoms with E-state index in [1.807, 2.05) is 36.4 Å². The van der Waals surface area contributed by atoms with Gasteiger partial charge in [0.25, 0.3) is 12.3 Å². The van der Waals surface area contributed by atoms with Gasteiger partial charge in [-0.2, -0.15) is 8.42 Å². The first kappa shape index (κ1) is 25.7. The van der Waals surface area contributed by atoms with Gasteiger partial charge in [0.15, 0.2) is 5.82 Å². The van der Waals surface area contributed by atoms with Crippen LogP contribution in [0.25, 0.3) is 0 Å². The van der Waals surface area contributed by atoms with Crippen LogP contribution in [0.4, 0.5) is 8.78 Å². The van der Waals surface area contributed by atoms with E-state index in [0.717, 1.165) is 17.3 Å². The molecule has 1 saturated heterocycles. The minimum Gasteiger partial charge on any atom is -0.473 e. The highest BCUT2D eigenvalue weighted by Crippen LogP contribution is 2.40. The van der Waals surface area contributed by atoms with Gasteiger partial charge in [-0.3, -0.25) is 14.2 Å². The minimum atomic E-state index is -4.60. The molecule has 1 atom stereocenters. The Morgan fingerprint density at radius 3 is 2.47 bits per heavy atom. The molecule has 192 valence electrons. The number of aryl methyl sites for hydroxylation is 1. The number of nitrogens with two attached hydrogens (primary N) is 1. The van der Waals surface area contributed by atoms with E-state index in [9.17, 15) is 26.5 Å². The van der Waals surface area contributed by atoms with Crippen LogP contribution in [0.5, 0.6) is 5.75 Å². The van der Waals surface area contributed by atoms with Crippen LogP contribution in [0.1, 0.15) is 23.1 Å². The average molecular weight is 521 g/mol. The van der Waals surface area contributed by atoms with E-state index in [1.54, 1.807) is 23.1 Å². The molecular formula is C24H26F2N4O5S. The number of likely N-dealkylation sites (tertiary alicyclic amines) is 1. The SMILES string of the molecule is Cn1cc(S(=O)(=O)O)nc1C(Oc1cccc(C2(Cc3ccccc3)CN(CC(F)F)C2)c1)C(N)=O. The average Bonchev–Trinajstić information content (AvgIpc) is 3.18. The van der Waals surface area contributed by atoms with Crippen molar-refractivity contribution in [3.8, 4) is 5.75 Å². The molecule has 3 aromatic rings. The van der Waals surface area contributed by atoms with Crippen LogP contribution in [0.15, 0.2) is 65.8 Å². The molecule has 1 aliphatic heterocycles. The lowest BCUT2D eigenvalue weighted by molar-refractivity contribution is -0.125. The smallest absolute Gasteiger partial charge is 0.313 e. The maximum absolute atomic E-state index is 13.0. The number of halogens is 2. The van der Waals surface area contributed by atoms with Gasteiger partial charge in [0.1, 0.15) is 5.75 Å². The summed E-state index contributed by atoms with van der Waals surface area (Å²) < 4.78 is 65.2. The highest BCUT2D eigenvalue weighted by atomic mass is 32.2. The summed E-state index contributed by atoms with van der Waals surface area (Å²) in [5.74, 6) is -0.750. The number of primary amides is 1. The molecule has 9 nitrogen and oxygen atoms in total. The molecule has 0 spiro atoms. The Hall–Kier alpha value is -3.35. The fourth-order valence-electron chi connectivity index (χ4n) is 4.61. The number of imidazole rings is 1. The molecule has 0 bridgehead atoms. The lowest BCUT2D eigenvalue weighted by atomic mass is 9.69. The van der Waals surface area contributed by atoms with Crippen molar-refractivity contribution in [2.24, 2.45) is 12.8 Å². The highest BCUT2D eigenvalue weighted by molar-refractivity contribution is 7.85. The molecule has 0 aliphatic carbocycles. The van der Waals surface area contributed by atoms with E-state index in [4.69, 9.17) is 10.5 Å². The first-order valence-corrected chi connectivity index (χ1v) is 12.5. The molecule has 12 heteroatoms. The first-order chi connectivity index (χ1) is 17.0. The van der Waals surface area contributed by atoms with E-state index in [-0.39, 0.29) is 18.1 Å². The highest BCUT2D eigenvalue weighted by Gasteiger charge is 2.45. The van der Waals surface area contributed by atoms with Crippen LogP contribution in [-0.4, -0.2) is 59.4 Å². The van der Waals surface area contributed by atoms with Crippen LogP contribution in [0.2, 0.25) is 0 Å². The predicted octanol–water partition coefficient (Wildman–Crippen LogP) is 2.33. The van der Waals surface area contributed by atoms with Crippen LogP contribution >= 0.6 is 0 Å². The first-order valence-electron chi connectivity index (χ1n) is 11.1. The molecular weight excluding hydrogens is 494 g/mol.